The maximum atomic E-state index is 13.0. The Balaban J connectivity index is 0.782. The first kappa shape index (κ1) is 46.3. The van der Waals surface area contributed by atoms with Gasteiger partial charge in [0.2, 0.25) is 11.8 Å². The zero-order valence-electron chi connectivity index (χ0n) is 38.2. The van der Waals surface area contributed by atoms with Crippen molar-refractivity contribution in [2.75, 3.05) is 19.6 Å². The van der Waals surface area contributed by atoms with Crippen molar-refractivity contribution in [3.8, 4) is 23.7 Å². The summed E-state index contributed by atoms with van der Waals surface area (Å²) in [6.45, 7) is 7.75. The van der Waals surface area contributed by atoms with Crippen LogP contribution >= 0.6 is 11.6 Å². The van der Waals surface area contributed by atoms with Crippen LogP contribution in [0.3, 0.4) is 0 Å². The molecule has 338 valence electrons. The standard InChI is InChI=1S/C56H63ClN4O4/c1-3-53-50(37(2)9-10-38-13-19-48(20-14-38)65-49-21-16-45(35-58)52(57)34-49)23-18-47(59-53)32-39-6-4-7-41(12-11-39)36-61-26-5-8-40(25-27-61)28-42-15-22-51-46(29-42)31-43(33-54(51)62)30-44-17-24-55(63)60-56(44)64/h8,15-16,18,21-23,29,32-34,37-38,41,44,48H,3-7,11-14,17,19-20,24-28,30-31,36H2,1-2H3,(H,60,63,64)/b39-32-. The normalized spacial score (nSPS) is 24.0. The molecule has 3 aromatic rings. The first-order valence-corrected chi connectivity index (χ1v) is 24.6. The van der Waals surface area contributed by atoms with Gasteiger partial charge in [-0.1, -0.05) is 77.4 Å². The molecule has 3 unspecified atom stereocenters. The third-order valence-corrected chi connectivity index (χ3v) is 14.6. The summed E-state index contributed by atoms with van der Waals surface area (Å²) < 4.78 is 6.19. The molecule has 2 saturated carbocycles. The number of nitriles is 1. The minimum Gasteiger partial charge on any atom is -0.490 e. The number of carbonyl (C=O) groups excluding carboxylic acids is 3. The second kappa shape index (κ2) is 21.8. The average molecular weight is 892 g/mol. The molecule has 9 heteroatoms. The molecule has 0 bridgehead atoms. The van der Waals surface area contributed by atoms with Crippen LogP contribution in [0.5, 0.6) is 5.75 Å². The van der Waals surface area contributed by atoms with Gasteiger partial charge in [-0.3, -0.25) is 24.7 Å². The fourth-order valence-corrected chi connectivity index (χ4v) is 10.8. The lowest BCUT2D eigenvalue weighted by Gasteiger charge is -2.26. The molecule has 3 fully saturated rings. The highest BCUT2D eigenvalue weighted by atomic mass is 35.5. The summed E-state index contributed by atoms with van der Waals surface area (Å²) in [6, 6.07) is 18.2. The van der Waals surface area contributed by atoms with Gasteiger partial charge in [-0.25, -0.2) is 0 Å². The smallest absolute Gasteiger partial charge is 0.229 e. The van der Waals surface area contributed by atoms with Crippen molar-refractivity contribution in [3.05, 3.63) is 122 Å². The SMILES string of the molecule is CCc1nc(/C=C2/CCCC(CN3CCC=C(Cc4ccc5c(c4)CC(CC4CCC(=O)NC4=O)=CC5=O)CC3)CC2)ccc1C(C)C#CC1CCC(Oc2ccc(C#N)c(Cl)c2)CC1. The Morgan fingerprint density at radius 3 is 2.62 bits per heavy atom. The van der Waals surface area contributed by atoms with Crippen molar-refractivity contribution >= 4 is 35.3 Å². The molecule has 65 heavy (non-hydrogen) atoms. The lowest BCUT2D eigenvalue weighted by atomic mass is 9.83. The van der Waals surface area contributed by atoms with E-state index in [1.54, 1.807) is 18.2 Å². The fraction of sp³-hybridized carbons (Fsp3) is 0.482. The number of benzene rings is 2. The van der Waals surface area contributed by atoms with Gasteiger partial charge in [0, 0.05) is 61.1 Å². The van der Waals surface area contributed by atoms with Gasteiger partial charge in [0.05, 0.1) is 22.4 Å². The van der Waals surface area contributed by atoms with Crippen LogP contribution < -0.4 is 10.1 Å². The third kappa shape index (κ3) is 12.3. The molecule has 5 aliphatic rings. The predicted molar refractivity (Wildman–Crippen MR) is 257 cm³/mol. The number of fused-ring (bicyclic) bond motifs is 1. The first-order valence-electron chi connectivity index (χ1n) is 24.2. The maximum Gasteiger partial charge on any atom is 0.229 e. The monoisotopic (exact) mass is 890 g/mol. The number of amides is 2. The highest BCUT2D eigenvalue weighted by Crippen LogP contribution is 2.33. The number of nitrogens with one attached hydrogen (secondary N) is 1. The number of piperidine rings is 1. The molecular formula is C56H63ClN4O4. The third-order valence-electron chi connectivity index (χ3n) is 14.3. The minimum atomic E-state index is -0.251. The summed E-state index contributed by atoms with van der Waals surface area (Å²) >= 11 is 6.21. The number of imide groups is 1. The Kier molecular flexibility index (Phi) is 15.5. The van der Waals surface area contributed by atoms with E-state index in [1.807, 2.05) is 12.1 Å². The van der Waals surface area contributed by atoms with Gasteiger partial charge in [0.25, 0.3) is 0 Å². The molecule has 1 aromatic heterocycles. The Bertz CT molecular complexity index is 2480. The van der Waals surface area contributed by atoms with Gasteiger partial charge in [0.15, 0.2) is 5.78 Å². The van der Waals surface area contributed by atoms with E-state index in [2.05, 4.69) is 78.4 Å². The molecule has 2 aliphatic heterocycles. The van der Waals surface area contributed by atoms with Crippen molar-refractivity contribution in [2.24, 2.45) is 17.8 Å². The van der Waals surface area contributed by atoms with E-state index in [-0.39, 0.29) is 35.5 Å². The van der Waals surface area contributed by atoms with Gasteiger partial charge in [-0.2, -0.15) is 5.26 Å². The molecule has 3 heterocycles. The number of hydrogen-bond acceptors (Lipinski definition) is 7. The van der Waals surface area contributed by atoms with Gasteiger partial charge in [0.1, 0.15) is 11.8 Å². The Morgan fingerprint density at radius 1 is 0.954 bits per heavy atom. The van der Waals surface area contributed by atoms with Crippen LogP contribution in [0.2, 0.25) is 5.02 Å². The summed E-state index contributed by atoms with van der Waals surface area (Å²) in [6.07, 6.45) is 22.6. The second-order valence-corrected chi connectivity index (χ2v) is 19.6. The molecular weight excluding hydrogens is 828 g/mol. The van der Waals surface area contributed by atoms with Crippen LogP contribution in [0.25, 0.3) is 6.08 Å². The van der Waals surface area contributed by atoms with Gasteiger partial charge < -0.3 is 9.64 Å². The number of hydrogen-bond donors (Lipinski definition) is 1. The van der Waals surface area contributed by atoms with Gasteiger partial charge in [-0.15, -0.1) is 0 Å². The zero-order valence-corrected chi connectivity index (χ0v) is 39.0. The molecule has 0 radical (unpaired) electrons. The van der Waals surface area contributed by atoms with Crippen molar-refractivity contribution < 1.29 is 19.1 Å². The largest absolute Gasteiger partial charge is 0.490 e. The molecule has 3 atom stereocenters. The number of aryl methyl sites for hydroxylation is 1. The number of allylic oxidation sites excluding steroid dienone is 3. The van der Waals surface area contributed by atoms with Crippen LogP contribution in [0, 0.1) is 40.9 Å². The van der Waals surface area contributed by atoms with Gasteiger partial charge in [-0.05, 0) is 163 Å². The molecule has 8 nitrogen and oxygen atoms in total. The summed E-state index contributed by atoms with van der Waals surface area (Å²) in [7, 11) is 0. The molecule has 1 saturated heterocycles. The molecule has 2 amide bonds. The lowest BCUT2D eigenvalue weighted by molar-refractivity contribution is -0.136. The summed E-state index contributed by atoms with van der Waals surface area (Å²) in [4.78, 5) is 44.9. The number of ketones is 1. The number of pyridine rings is 1. The number of aromatic nitrogens is 1. The number of carbonyl (C=O) groups is 3. The lowest BCUT2D eigenvalue weighted by Crippen LogP contribution is -2.41. The van der Waals surface area contributed by atoms with E-state index >= 15 is 0 Å². The van der Waals surface area contributed by atoms with Crippen LogP contribution in [-0.2, 0) is 28.9 Å². The van der Waals surface area contributed by atoms with Crippen LogP contribution in [0.4, 0.5) is 0 Å². The van der Waals surface area contributed by atoms with Crippen LogP contribution in [0.15, 0.2) is 77.4 Å². The highest BCUT2D eigenvalue weighted by Gasteiger charge is 2.29. The quantitative estimate of drug-likeness (QED) is 0.0883. The van der Waals surface area contributed by atoms with E-state index in [0.29, 0.717) is 48.1 Å². The highest BCUT2D eigenvalue weighted by molar-refractivity contribution is 6.31. The maximum absolute atomic E-state index is 13.0. The fourth-order valence-electron chi connectivity index (χ4n) is 10.6. The van der Waals surface area contributed by atoms with Gasteiger partial charge >= 0.3 is 0 Å². The van der Waals surface area contributed by atoms with Crippen LogP contribution in [0.1, 0.15) is 154 Å². The van der Waals surface area contributed by atoms with Crippen LogP contribution in [-0.4, -0.2) is 53.2 Å². The first-order chi connectivity index (χ1) is 31.6. The Morgan fingerprint density at radius 2 is 1.82 bits per heavy atom. The summed E-state index contributed by atoms with van der Waals surface area (Å²) in [5.74, 6) is 8.45. The molecule has 1 N–H and O–H groups in total. The summed E-state index contributed by atoms with van der Waals surface area (Å²) in [5, 5.41) is 12.0. The predicted octanol–water partition coefficient (Wildman–Crippen LogP) is 11.3. The molecule has 8 rings (SSSR count). The van der Waals surface area contributed by atoms with E-state index in [1.165, 1.54) is 41.5 Å². The second-order valence-electron chi connectivity index (χ2n) is 19.1. The van der Waals surface area contributed by atoms with E-state index in [9.17, 15) is 14.4 Å². The Hall–Kier alpha value is -5.28. The zero-order chi connectivity index (χ0) is 45.3. The minimum absolute atomic E-state index is 0.0152. The molecule has 3 aliphatic carbocycles. The number of nitrogens with zero attached hydrogens (tertiary/aromatic N) is 3. The molecule has 2 aromatic carbocycles. The topological polar surface area (TPSA) is 112 Å². The van der Waals surface area contributed by atoms with E-state index in [4.69, 9.17) is 26.6 Å². The number of rotatable bonds is 11. The number of ether oxygens (including phenoxy) is 1. The average Bonchev–Trinajstić information content (AvgIpc) is 3.66. The molecule has 0 spiro atoms. The van der Waals surface area contributed by atoms with Crippen molar-refractivity contribution in [2.45, 2.75) is 135 Å². The van der Waals surface area contributed by atoms with E-state index in [0.717, 1.165) is 118 Å². The van der Waals surface area contributed by atoms with Crippen molar-refractivity contribution in [1.82, 2.24) is 15.2 Å². The van der Waals surface area contributed by atoms with Crippen molar-refractivity contribution in [3.63, 3.8) is 0 Å². The van der Waals surface area contributed by atoms with E-state index < -0.39 is 0 Å². The Labute approximate surface area is 391 Å². The van der Waals surface area contributed by atoms with Crippen molar-refractivity contribution in [1.29, 1.82) is 5.26 Å². The number of halogens is 1. The summed E-state index contributed by atoms with van der Waals surface area (Å²) in [5.41, 5.74) is 11.0.